The molecule has 94 valence electrons. The van der Waals surface area contributed by atoms with E-state index < -0.39 is 0 Å². The van der Waals surface area contributed by atoms with Gasteiger partial charge in [-0.1, -0.05) is 6.07 Å². The number of aryl methyl sites for hydroxylation is 1. The van der Waals surface area contributed by atoms with Gasteiger partial charge in [0.25, 0.3) is 0 Å². The zero-order chi connectivity index (χ0) is 12.1. The Labute approximate surface area is 102 Å². The van der Waals surface area contributed by atoms with Crippen molar-refractivity contribution in [3.63, 3.8) is 0 Å². The van der Waals surface area contributed by atoms with Gasteiger partial charge in [0.05, 0.1) is 0 Å². The number of nitrogens with one attached hydrogen (secondary N) is 1. The lowest BCUT2D eigenvalue weighted by molar-refractivity contribution is 0.188. The molecule has 0 amide bonds. The molecule has 1 aliphatic rings. The Balaban J connectivity index is 1.79. The molecule has 1 saturated heterocycles. The van der Waals surface area contributed by atoms with Gasteiger partial charge in [0, 0.05) is 32.7 Å². The highest BCUT2D eigenvalue weighted by Crippen LogP contribution is 2.18. The van der Waals surface area contributed by atoms with Gasteiger partial charge in [-0.25, -0.2) is 4.39 Å². The fraction of sp³-hybridized carbons (Fsp3) is 0.538. The highest BCUT2D eigenvalue weighted by molar-refractivity contribution is 5.29. The standard InChI is InChI=1S/C13H19FN2O/c1-11-2-3-12(14)13(10-11)17-9-8-16-6-4-15-5-7-16/h2-3,10,15H,4-9H2,1H3. The monoisotopic (exact) mass is 238 g/mol. The second-order valence-corrected chi connectivity index (χ2v) is 4.37. The summed E-state index contributed by atoms with van der Waals surface area (Å²) in [6, 6.07) is 4.95. The van der Waals surface area contributed by atoms with E-state index >= 15 is 0 Å². The quantitative estimate of drug-likeness (QED) is 0.858. The first kappa shape index (κ1) is 12.3. The Morgan fingerprint density at radius 1 is 1.35 bits per heavy atom. The van der Waals surface area contributed by atoms with E-state index in [1.165, 1.54) is 6.07 Å². The Bertz CT molecular complexity index is 364. The third kappa shape index (κ3) is 3.68. The molecule has 0 aliphatic carbocycles. The Kier molecular flexibility index (Phi) is 4.34. The summed E-state index contributed by atoms with van der Waals surface area (Å²) in [5.74, 6) is 0.0797. The first-order valence-electron chi connectivity index (χ1n) is 6.08. The molecule has 1 aromatic rings. The summed E-state index contributed by atoms with van der Waals surface area (Å²) in [6.45, 7) is 7.47. The fourth-order valence-electron chi connectivity index (χ4n) is 1.94. The molecule has 0 radical (unpaired) electrons. The average Bonchev–Trinajstić information content (AvgIpc) is 2.35. The van der Waals surface area contributed by atoms with E-state index in [0.29, 0.717) is 12.4 Å². The van der Waals surface area contributed by atoms with E-state index in [1.807, 2.05) is 6.92 Å². The van der Waals surface area contributed by atoms with Crippen molar-refractivity contribution >= 4 is 0 Å². The number of rotatable bonds is 4. The van der Waals surface area contributed by atoms with Crippen LogP contribution in [-0.4, -0.2) is 44.2 Å². The molecule has 0 atom stereocenters. The molecular weight excluding hydrogens is 219 g/mol. The van der Waals surface area contributed by atoms with Crippen molar-refractivity contribution in [3.8, 4) is 5.75 Å². The number of piperazine rings is 1. The molecule has 1 heterocycles. The second-order valence-electron chi connectivity index (χ2n) is 4.37. The molecule has 3 nitrogen and oxygen atoms in total. The number of halogens is 1. The maximum atomic E-state index is 13.4. The van der Waals surface area contributed by atoms with Gasteiger partial charge in [0.2, 0.25) is 0 Å². The van der Waals surface area contributed by atoms with Gasteiger partial charge in [0.1, 0.15) is 6.61 Å². The van der Waals surface area contributed by atoms with Crippen molar-refractivity contribution in [3.05, 3.63) is 29.6 Å². The lowest BCUT2D eigenvalue weighted by atomic mass is 10.2. The zero-order valence-corrected chi connectivity index (χ0v) is 10.2. The van der Waals surface area contributed by atoms with Crippen LogP contribution in [0.15, 0.2) is 18.2 Å². The first-order chi connectivity index (χ1) is 8.25. The van der Waals surface area contributed by atoms with Crippen LogP contribution in [0, 0.1) is 12.7 Å². The number of benzene rings is 1. The summed E-state index contributed by atoms with van der Waals surface area (Å²) in [5, 5.41) is 3.30. The van der Waals surface area contributed by atoms with E-state index in [4.69, 9.17) is 4.74 Å². The summed E-state index contributed by atoms with van der Waals surface area (Å²) in [6.07, 6.45) is 0. The lowest BCUT2D eigenvalue weighted by Gasteiger charge is -2.26. The Morgan fingerprint density at radius 3 is 2.88 bits per heavy atom. The van der Waals surface area contributed by atoms with Gasteiger partial charge in [-0.05, 0) is 24.6 Å². The predicted octanol–water partition coefficient (Wildman–Crippen LogP) is 1.42. The van der Waals surface area contributed by atoms with E-state index in [1.54, 1.807) is 12.1 Å². The van der Waals surface area contributed by atoms with Gasteiger partial charge < -0.3 is 10.1 Å². The average molecular weight is 238 g/mol. The molecule has 4 heteroatoms. The van der Waals surface area contributed by atoms with Crippen molar-refractivity contribution in [1.29, 1.82) is 0 Å². The molecule has 1 aromatic carbocycles. The summed E-state index contributed by atoms with van der Waals surface area (Å²) >= 11 is 0. The minimum Gasteiger partial charge on any atom is -0.489 e. The maximum Gasteiger partial charge on any atom is 0.165 e. The van der Waals surface area contributed by atoms with Crippen LogP contribution >= 0.6 is 0 Å². The number of hydrogen-bond donors (Lipinski definition) is 1. The van der Waals surface area contributed by atoms with Gasteiger partial charge in [-0.2, -0.15) is 0 Å². The van der Waals surface area contributed by atoms with Gasteiger partial charge in [-0.3, -0.25) is 4.90 Å². The molecule has 0 bridgehead atoms. The van der Waals surface area contributed by atoms with E-state index in [0.717, 1.165) is 38.3 Å². The van der Waals surface area contributed by atoms with Crippen molar-refractivity contribution in [2.75, 3.05) is 39.3 Å². The van der Waals surface area contributed by atoms with Gasteiger partial charge >= 0.3 is 0 Å². The lowest BCUT2D eigenvalue weighted by Crippen LogP contribution is -2.44. The largest absolute Gasteiger partial charge is 0.489 e. The second kappa shape index (κ2) is 5.98. The summed E-state index contributed by atoms with van der Waals surface area (Å²) < 4.78 is 18.9. The van der Waals surface area contributed by atoms with Crippen molar-refractivity contribution in [2.45, 2.75) is 6.92 Å². The molecule has 17 heavy (non-hydrogen) atoms. The molecule has 1 N–H and O–H groups in total. The molecule has 0 unspecified atom stereocenters. The molecule has 1 fully saturated rings. The van der Waals surface area contributed by atoms with Crippen molar-refractivity contribution in [2.24, 2.45) is 0 Å². The first-order valence-corrected chi connectivity index (χ1v) is 6.08. The fourth-order valence-corrected chi connectivity index (χ4v) is 1.94. The SMILES string of the molecule is Cc1ccc(F)c(OCCN2CCNCC2)c1. The van der Waals surface area contributed by atoms with Gasteiger partial charge in [0.15, 0.2) is 11.6 Å². The van der Waals surface area contributed by atoms with Crippen LogP contribution in [0.5, 0.6) is 5.75 Å². The van der Waals surface area contributed by atoms with Crippen LogP contribution in [0.25, 0.3) is 0 Å². The Hall–Kier alpha value is -1.13. The summed E-state index contributed by atoms with van der Waals surface area (Å²) in [7, 11) is 0. The van der Waals surface area contributed by atoms with Crippen LogP contribution in [0.1, 0.15) is 5.56 Å². The van der Waals surface area contributed by atoms with Crippen LogP contribution in [-0.2, 0) is 0 Å². The number of nitrogens with zero attached hydrogens (tertiary/aromatic N) is 1. The van der Waals surface area contributed by atoms with Gasteiger partial charge in [-0.15, -0.1) is 0 Å². The molecular formula is C13H19FN2O. The van der Waals surface area contributed by atoms with Crippen LogP contribution in [0.3, 0.4) is 0 Å². The predicted molar refractivity (Wildman–Crippen MR) is 65.9 cm³/mol. The summed E-state index contributed by atoms with van der Waals surface area (Å²) in [5.41, 5.74) is 1.02. The summed E-state index contributed by atoms with van der Waals surface area (Å²) in [4.78, 5) is 2.32. The molecule has 0 saturated carbocycles. The van der Waals surface area contributed by atoms with E-state index in [9.17, 15) is 4.39 Å². The topological polar surface area (TPSA) is 24.5 Å². The third-order valence-corrected chi connectivity index (χ3v) is 2.96. The minimum atomic E-state index is -0.282. The zero-order valence-electron chi connectivity index (χ0n) is 10.2. The highest BCUT2D eigenvalue weighted by Gasteiger charge is 2.09. The number of hydrogen-bond acceptors (Lipinski definition) is 3. The normalized spacial score (nSPS) is 17.1. The molecule has 0 spiro atoms. The van der Waals surface area contributed by atoms with Crippen LogP contribution in [0.2, 0.25) is 0 Å². The number of ether oxygens (including phenoxy) is 1. The van der Waals surface area contributed by atoms with Crippen LogP contribution in [0.4, 0.5) is 4.39 Å². The van der Waals surface area contributed by atoms with Crippen molar-refractivity contribution in [1.82, 2.24) is 10.2 Å². The molecule has 0 aromatic heterocycles. The maximum absolute atomic E-state index is 13.4. The molecule has 2 rings (SSSR count). The van der Waals surface area contributed by atoms with Crippen molar-refractivity contribution < 1.29 is 9.13 Å². The van der Waals surface area contributed by atoms with E-state index in [-0.39, 0.29) is 5.82 Å². The van der Waals surface area contributed by atoms with Crippen LogP contribution < -0.4 is 10.1 Å². The smallest absolute Gasteiger partial charge is 0.165 e. The minimum absolute atomic E-state index is 0.282. The van der Waals surface area contributed by atoms with E-state index in [2.05, 4.69) is 10.2 Å². The third-order valence-electron chi connectivity index (χ3n) is 2.96. The Morgan fingerprint density at radius 2 is 2.12 bits per heavy atom. The molecule has 1 aliphatic heterocycles. The highest BCUT2D eigenvalue weighted by atomic mass is 19.1.